The van der Waals surface area contributed by atoms with Crippen molar-refractivity contribution in [3.8, 4) is 0 Å². The van der Waals surface area contributed by atoms with Crippen molar-refractivity contribution in [2.75, 3.05) is 0 Å². The first-order chi connectivity index (χ1) is 13.2. The van der Waals surface area contributed by atoms with Crippen LogP contribution in [0.1, 0.15) is 28.8 Å². The van der Waals surface area contributed by atoms with E-state index in [1.54, 1.807) is 17.8 Å². The van der Waals surface area contributed by atoms with Crippen LogP contribution in [0.25, 0.3) is 0 Å². The fourth-order valence-corrected chi connectivity index (χ4v) is 4.65. The van der Waals surface area contributed by atoms with Gasteiger partial charge in [-0.2, -0.15) is 0 Å². The summed E-state index contributed by atoms with van der Waals surface area (Å²) < 4.78 is 0. The lowest BCUT2D eigenvalue weighted by molar-refractivity contribution is 0.573. The van der Waals surface area contributed by atoms with Gasteiger partial charge in [-0.1, -0.05) is 102 Å². The van der Waals surface area contributed by atoms with Crippen molar-refractivity contribution in [2.45, 2.75) is 17.8 Å². The molecule has 0 radical (unpaired) electrons. The maximum absolute atomic E-state index is 6.31. The Hall–Kier alpha value is -1.94. The molecule has 0 aromatic heterocycles. The van der Waals surface area contributed by atoms with E-state index in [9.17, 15) is 0 Å². The van der Waals surface area contributed by atoms with Gasteiger partial charge in [0.25, 0.3) is 0 Å². The number of amidine groups is 1. The lowest BCUT2D eigenvalue weighted by Gasteiger charge is -2.19. The Balaban J connectivity index is 1.56. The Kier molecular flexibility index (Phi) is 5.72. The number of aliphatic imine (C=N–C) groups is 1. The van der Waals surface area contributed by atoms with Crippen molar-refractivity contribution in [1.29, 1.82) is 0 Å². The minimum Gasteiger partial charge on any atom is -0.356 e. The number of halogens is 2. The monoisotopic (exact) mass is 412 g/mol. The van der Waals surface area contributed by atoms with E-state index in [1.165, 1.54) is 11.1 Å². The van der Waals surface area contributed by atoms with E-state index in [2.05, 4.69) is 53.8 Å². The van der Waals surface area contributed by atoms with Crippen LogP contribution in [0.4, 0.5) is 0 Å². The van der Waals surface area contributed by atoms with Crippen molar-refractivity contribution in [2.24, 2.45) is 4.99 Å². The maximum Gasteiger partial charge on any atom is 0.158 e. The van der Waals surface area contributed by atoms with E-state index in [4.69, 9.17) is 28.2 Å². The highest BCUT2D eigenvalue weighted by Gasteiger charge is 2.31. The summed E-state index contributed by atoms with van der Waals surface area (Å²) in [6.07, 6.45) is 0. The fourth-order valence-electron chi connectivity index (χ4n) is 3.16. The second-order valence-electron chi connectivity index (χ2n) is 6.35. The average Bonchev–Trinajstić information content (AvgIpc) is 3.13. The van der Waals surface area contributed by atoms with E-state index in [1.807, 2.05) is 24.3 Å². The summed E-state index contributed by atoms with van der Waals surface area (Å²) in [5.74, 6) is 0.741. The van der Waals surface area contributed by atoms with Gasteiger partial charge in [0.2, 0.25) is 0 Å². The van der Waals surface area contributed by atoms with E-state index < -0.39 is 0 Å². The molecule has 0 fully saturated rings. The normalized spacial score (nSPS) is 18.8. The molecule has 136 valence electrons. The molecule has 0 saturated carbocycles. The van der Waals surface area contributed by atoms with Crippen LogP contribution in [0.3, 0.4) is 0 Å². The van der Waals surface area contributed by atoms with Gasteiger partial charge in [-0.05, 0) is 28.8 Å². The highest BCUT2D eigenvalue weighted by molar-refractivity contribution is 8.13. The maximum atomic E-state index is 6.31. The Morgan fingerprint density at radius 2 is 1.52 bits per heavy atom. The van der Waals surface area contributed by atoms with Crippen molar-refractivity contribution >= 4 is 40.1 Å². The van der Waals surface area contributed by atoms with Crippen LogP contribution < -0.4 is 5.32 Å². The molecule has 0 spiro atoms. The molecule has 27 heavy (non-hydrogen) atoms. The number of thioether (sulfide) groups is 1. The SMILES string of the molecule is Clc1ccc(CSC2=N[C@@H](c3ccccc3)[C@@H](c3ccccc3)N2)c(Cl)c1. The molecule has 2 nitrogen and oxygen atoms in total. The predicted molar refractivity (Wildman–Crippen MR) is 117 cm³/mol. The Bertz CT molecular complexity index is 945. The first kappa shape index (κ1) is 18.4. The first-order valence-electron chi connectivity index (χ1n) is 8.71. The molecule has 0 bridgehead atoms. The van der Waals surface area contributed by atoms with Gasteiger partial charge in [0.1, 0.15) is 6.04 Å². The van der Waals surface area contributed by atoms with Gasteiger partial charge < -0.3 is 5.32 Å². The van der Waals surface area contributed by atoms with Crippen LogP contribution in [-0.4, -0.2) is 5.17 Å². The number of rotatable bonds is 4. The third kappa shape index (κ3) is 4.32. The molecule has 1 heterocycles. The van der Waals surface area contributed by atoms with Crippen LogP contribution in [0.2, 0.25) is 10.0 Å². The third-order valence-electron chi connectivity index (χ3n) is 4.53. The molecule has 4 rings (SSSR count). The highest BCUT2D eigenvalue weighted by Crippen LogP contribution is 2.38. The number of hydrogen-bond acceptors (Lipinski definition) is 3. The lowest BCUT2D eigenvalue weighted by Crippen LogP contribution is -2.22. The van der Waals surface area contributed by atoms with Gasteiger partial charge in [0.05, 0.1) is 6.04 Å². The van der Waals surface area contributed by atoms with Crippen LogP contribution in [0.15, 0.2) is 83.9 Å². The zero-order valence-electron chi connectivity index (χ0n) is 14.5. The highest BCUT2D eigenvalue weighted by atomic mass is 35.5. The average molecular weight is 413 g/mol. The molecular formula is C22H18Cl2N2S. The topological polar surface area (TPSA) is 24.4 Å². The Labute approximate surface area is 173 Å². The van der Waals surface area contributed by atoms with E-state index in [-0.39, 0.29) is 12.1 Å². The lowest BCUT2D eigenvalue weighted by atomic mass is 9.95. The number of nitrogens with zero attached hydrogens (tertiary/aromatic N) is 1. The van der Waals surface area contributed by atoms with Gasteiger partial charge >= 0.3 is 0 Å². The molecule has 0 saturated heterocycles. The molecule has 5 heteroatoms. The minimum absolute atomic E-state index is 0.0526. The van der Waals surface area contributed by atoms with Crippen LogP contribution in [-0.2, 0) is 5.75 Å². The number of benzene rings is 3. The van der Waals surface area contributed by atoms with Crippen LogP contribution in [0.5, 0.6) is 0 Å². The summed E-state index contributed by atoms with van der Waals surface area (Å²) in [7, 11) is 0. The van der Waals surface area contributed by atoms with E-state index >= 15 is 0 Å². The molecular weight excluding hydrogens is 395 g/mol. The van der Waals surface area contributed by atoms with E-state index in [0.29, 0.717) is 10.0 Å². The summed E-state index contributed by atoms with van der Waals surface area (Å²) in [6.45, 7) is 0. The van der Waals surface area contributed by atoms with Crippen LogP contribution in [0, 0.1) is 0 Å². The summed E-state index contributed by atoms with van der Waals surface area (Å²) in [4.78, 5) is 4.98. The second kappa shape index (κ2) is 8.39. The van der Waals surface area contributed by atoms with E-state index in [0.717, 1.165) is 16.5 Å². The van der Waals surface area contributed by atoms with Gasteiger partial charge in [-0.15, -0.1) is 0 Å². The zero-order valence-corrected chi connectivity index (χ0v) is 16.8. The van der Waals surface area contributed by atoms with Gasteiger partial charge in [0, 0.05) is 15.8 Å². The predicted octanol–water partition coefficient (Wildman–Crippen LogP) is 6.67. The number of nitrogens with one attached hydrogen (secondary N) is 1. The van der Waals surface area contributed by atoms with Crippen molar-refractivity contribution in [1.82, 2.24) is 5.32 Å². The molecule has 2 atom stereocenters. The molecule has 0 amide bonds. The van der Waals surface area contributed by atoms with Crippen molar-refractivity contribution in [3.63, 3.8) is 0 Å². The van der Waals surface area contributed by atoms with Crippen LogP contribution >= 0.6 is 35.0 Å². The van der Waals surface area contributed by atoms with Gasteiger partial charge in [-0.3, -0.25) is 4.99 Å². The molecule has 0 unspecified atom stereocenters. The molecule has 3 aromatic carbocycles. The second-order valence-corrected chi connectivity index (χ2v) is 8.15. The van der Waals surface area contributed by atoms with Gasteiger partial charge in [-0.25, -0.2) is 0 Å². The van der Waals surface area contributed by atoms with Crippen molar-refractivity contribution < 1.29 is 0 Å². The minimum atomic E-state index is 0.0526. The first-order valence-corrected chi connectivity index (χ1v) is 10.5. The smallest absolute Gasteiger partial charge is 0.158 e. The largest absolute Gasteiger partial charge is 0.356 e. The molecule has 1 aliphatic rings. The van der Waals surface area contributed by atoms with Gasteiger partial charge in [0.15, 0.2) is 5.17 Å². The summed E-state index contributed by atoms with van der Waals surface area (Å²) >= 11 is 14.0. The summed E-state index contributed by atoms with van der Waals surface area (Å²) in [5, 5.41) is 5.87. The standard InChI is InChI=1S/C22H18Cl2N2S/c23-18-12-11-17(19(24)13-18)14-27-22-25-20(15-7-3-1-4-8-15)21(26-22)16-9-5-2-6-10-16/h1-13,20-21H,14H2,(H,25,26)/t20-,21+. The third-order valence-corrected chi connectivity index (χ3v) is 6.07. The zero-order chi connectivity index (χ0) is 18.6. The summed E-state index contributed by atoms with van der Waals surface area (Å²) in [6, 6.07) is 26.7. The molecule has 3 aromatic rings. The van der Waals surface area contributed by atoms with Crippen molar-refractivity contribution in [3.05, 3.63) is 106 Å². The Morgan fingerprint density at radius 3 is 2.19 bits per heavy atom. The molecule has 1 aliphatic heterocycles. The quantitative estimate of drug-likeness (QED) is 0.517. The summed E-state index contributed by atoms with van der Waals surface area (Å²) in [5.41, 5.74) is 3.49. The Morgan fingerprint density at radius 1 is 0.852 bits per heavy atom. The molecule has 1 N–H and O–H groups in total. The number of hydrogen-bond donors (Lipinski definition) is 1. The molecule has 0 aliphatic carbocycles. The fraction of sp³-hybridized carbons (Fsp3) is 0.136.